The van der Waals surface area contributed by atoms with Gasteiger partial charge in [0, 0.05) is 43.4 Å². The van der Waals surface area contributed by atoms with Crippen LogP contribution in [0.3, 0.4) is 0 Å². The normalized spacial score (nSPS) is 21.8. The molecule has 3 rings (SSSR count). The van der Waals surface area contributed by atoms with Crippen LogP contribution in [0.1, 0.15) is 62.3 Å². The molecule has 124 valence electrons. The van der Waals surface area contributed by atoms with Crippen LogP contribution in [0.4, 0.5) is 5.69 Å². The number of fused-ring (bicyclic) bond motifs is 1. The van der Waals surface area contributed by atoms with Crippen molar-refractivity contribution in [2.24, 2.45) is 5.92 Å². The number of pyridine rings is 1. The third-order valence-corrected chi connectivity index (χ3v) is 5.27. The number of hydrogen-bond acceptors (Lipinski definition) is 4. The molecule has 0 radical (unpaired) electrons. The van der Waals surface area contributed by atoms with Crippen LogP contribution in [-0.4, -0.2) is 24.6 Å². The number of aromatic nitrogens is 1. The average Bonchev–Trinajstić information content (AvgIpc) is 2.55. The lowest BCUT2D eigenvalue weighted by Crippen LogP contribution is -2.39. The second-order valence-electron chi connectivity index (χ2n) is 6.97. The van der Waals surface area contributed by atoms with E-state index in [4.69, 9.17) is 0 Å². The minimum atomic E-state index is -0.220. The highest BCUT2D eigenvalue weighted by Gasteiger charge is 2.29. The highest BCUT2D eigenvalue weighted by atomic mass is 16.1. The molecule has 0 saturated carbocycles. The molecule has 0 aromatic carbocycles. The fourth-order valence-electron chi connectivity index (χ4n) is 3.93. The molecule has 1 aromatic heterocycles. The smallest absolute Gasteiger partial charge is 0.268 e. The third-order valence-electron chi connectivity index (χ3n) is 5.27. The molecule has 2 aliphatic rings. The Morgan fingerprint density at radius 3 is 2.74 bits per heavy atom. The van der Waals surface area contributed by atoms with E-state index < -0.39 is 0 Å². The molecule has 1 saturated heterocycles. The van der Waals surface area contributed by atoms with E-state index in [0.717, 1.165) is 74.7 Å². The predicted octanol–water partition coefficient (Wildman–Crippen LogP) is 2.47. The Morgan fingerprint density at radius 1 is 1.35 bits per heavy atom. The number of hydrogen-bond donors (Lipinski definition) is 2. The van der Waals surface area contributed by atoms with Crippen molar-refractivity contribution in [3.05, 3.63) is 27.2 Å². The molecule has 2 N–H and O–H groups in total. The van der Waals surface area contributed by atoms with Gasteiger partial charge in [-0.05, 0) is 25.2 Å². The summed E-state index contributed by atoms with van der Waals surface area (Å²) in [6.07, 6.45) is 4.39. The van der Waals surface area contributed by atoms with E-state index in [1.54, 1.807) is 0 Å². The first-order valence-corrected chi connectivity index (χ1v) is 8.80. The van der Waals surface area contributed by atoms with Crippen LogP contribution in [0.25, 0.3) is 0 Å². The van der Waals surface area contributed by atoms with Gasteiger partial charge >= 0.3 is 0 Å². The van der Waals surface area contributed by atoms with Gasteiger partial charge in [0.15, 0.2) is 0 Å². The van der Waals surface area contributed by atoms with E-state index in [9.17, 15) is 10.1 Å². The van der Waals surface area contributed by atoms with Gasteiger partial charge in [0.25, 0.3) is 5.56 Å². The number of anilines is 1. The maximum absolute atomic E-state index is 12.5. The van der Waals surface area contributed by atoms with Crippen LogP contribution in [0.2, 0.25) is 0 Å². The molecule has 5 heteroatoms. The summed E-state index contributed by atoms with van der Waals surface area (Å²) in [5.41, 5.74) is 3.16. The molecule has 5 nitrogen and oxygen atoms in total. The number of nitriles is 1. The molecule has 1 aromatic rings. The van der Waals surface area contributed by atoms with Crippen molar-refractivity contribution in [1.82, 2.24) is 10.3 Å². The second-order valence-corrected chi connectivity index (χ2v) is 6.97. The maximum atomic E-state index is 12.5. The Morgan fingerprint density at radius 2 is 2.09 bits per heavy atom. The molecule has 1 fully saturated rings. The summed E-state index contributed by atoms with van der Waals surface area (Å²) >= 11 is 0. The van der Waals surface area contributed by atoms with Crippen LogP contribution in [-0.2, 0) is 6.54 Å². The quantitative estimate of drug-likeness (QED) is 0.899. The van der Waals surface area contributed by atoms with Crippen LogP contribution < -0.4 is 15.8 Å². The van der Waals surface area contributed by atoms with Crippen LogP contribution >= 0.6 is 0 Å². The van der Waals surface area contributed by atoms with Gasteiger partial charge in [-0.1, -0.05) is 20.3 Å². The van der Waals surface area contributed by atoms with Crippen molar-refractivity contribution in [2.75, 3.05) is 24.5 Å². The fraction of sp³-hybridized carbons (Fsp3) is 0.667. The van der Waals surface area contributed by atoms with Crippen molar-refractivity contribution in [1.29, 1.82) is 5.26 Å². The Balaban J connectivity index is 2.09. The van der Waals surface area contributed by atoms with Crippen molar-refractivity contribution in [3.63, 3.8) is 0 Å². The molecule has 1 atom stereocenters. The number of rotatable bonds is 3. The van der Waals surface area contributed by atoms with Gasteiger partial charge < -0.3 is 15.2 Å². The molecule has 0 amide bonds. The zero-order chi connectivity index (χ0) is 16.4. The number of nitrogens with zero attached hydrogens (tertiary/aromatic N) is 2. The van der Waals surface area contributed by atoms with Gasteiger partial charge in [0.2, 0.25) is 0 Å². The lowest BCUT2D eigenvalue weighted by atomic mass is 9.89. The third kappa shape index (κ3) is 3.00. The summed E-state index contributed by atoms with van der Waals surface area (Å²) in [5.74, 6) is 1.06. The minimum Gasteiger partial charge on any atom is -0.370 e. The van der Waals surface area contributed by atoms with Gasteiger partial charge in [-0.25, -0.2) is 0 Å². The molecular formula is C18H26N4O. The van der Waals surface area contributed by atoms with Crippen molar-refractivity contribution >= 4 is 5.69 Å². The summed E-state index contributed by atoms with van der Waals surface area (Å²) in [4.78, 5) is 17.8. The largest absolute Gasteiger partial charge is 0.370 e. The van der Waals surface area contributed by atoms with E-state index in [2.05, 4.69) is 35.1 Å². The summed E-state index contributed by atoms with van der Waals surface area (Å²) in [7, 11) is 0. The Bertz CT molecular complexity index is 665. The lowest BCUT2D eigenvalue weighted by molar-refractivity contribution is 0.435. The first-order chi connectivity index (χ1) is 11.2. The highest BCUT2D eigenvalue weighted by molar-refractivity contribution is 5.65. The van der Waals surface area contributed by atoms with Gasteiger partial charge in [0.05, 0.1) is 5.69 Å². The standard InChI is InChI=1S/C18H26N4O/c1-3-4-13-10-20-11-15-16(13)21-18(23)14(9-19)17(15)22-7-5-12(2)6-8-22/h12-13,20H,3-8,10-11H2,1-2H3,(H,21,23). The monoisotopic (exact) mass is 314 g/mol. The molecule has 1 unspecified atom stereocenters. The number of H-pyrrole nitrogens is 1. The van der Waals surface area contributed by atoms with Gasteiger partial charge in [-0.2, -0.15) is 5.26 Å². The molecular weight excluding hydrogens is 288 g/mol. The number of aromatic amines is 1. The molecule has 3 heterocycles. The number of piperidine rings is 1. The van der Waals surface area contributed by atoms with Gasteiger partial charge in [-0.3, -0.25) is 4.79 Å². The van der Waals surface area contributed by atoms with E-state index in [1.165, 1.54) is 0 Å². The zero-order valence-corrected chi connectivity index (χ0v) is 14.1. The zero-order valence-electron chi connectivity index (χ0n) is 14.1. The first kappa shape index (κ1) is 16.1. The Kier molecular flexibility index (Phi) is 4.72. The predicted molar refractivity (Wildman–Crippen MR) is 91.7 cm³/mol. The van der Waals surface area contributed by atoms with Crippen molar-refractivity contribution in [3.8, 4) is 6.07 Å². The fourth-order valence-corrected chi connectivity index (χ4v) is 3.93. The molecule has 0 aliphatic carbocycles. The van der Waals surface area contributed by atoms with Crippen molar-refractivity contribution in [2.45, 2.75) is 52.0 Å². The summed E-state index contributed by atoms with van der Waals surface area (Å²) in [5, 5.41) is 13.0. The summed E-state index contributed by atoms with van der Waals surface area (Å²) < 4.78 is 0. The second kappa shape index (κ2) is 6.76. The molecule has 0 spiro atoms. The molecule has 2 aliphatic heterocycles. The SMILES string of the molecule is CCCC1CNCc2c1[nH]c(=O)c(C#N)c2N1CCC(C)CC1. The number of nitrogens with one attached hydrogen (secondary N) is 2. The average molecular weight is 314 g/mol. The summed E-state index contributed by atoms with van der Waals surface area (Å²) in [6, 6.07) is 2.16. The van der Waals surface area contributed by atoms with Gasteiger partial charge in [0.1, 0.15) is 11.6 Å². The minimum absolute atomic E-state index is 0.220. The Hall–Kier alpha value is -1.80. The lowest BCUT2D eigenvalue weighted by Gasteiger charge is -2.36. The van der Waals surface area contributed by atoms with Crippen LogP contribution in [0, 0.1) is 17.2 Å². The molecule has 23 heavy (non-hydrogen) atoms. The Labute approximate surface area is 137 Å². The van der Waals surface area contributed by atoms with Crippen molar-refractivity contribution < 1.29 is 0 Å². The summed E-state index contributed by atoms with van der Waals surface area (Å²) in [6.45, 7) is 7.95. The first-order valence-electron chi connectivity index (χ1n) is 8.80. The van der Waals surface area contributed by atoms with Gasteiger partial charge in [-0.15, -0.1) is 0 Å². The van der Waals surface area contributed by atoms with E-state index >= 15 is 0 Å². The van der Waals surface area contributed by atoms with Crippen LogP contribution in [0.5, 0.6) is 0 Å². The van der Waals surface area contributed by atoms with E-state index in [0.29, 0.717) is 5.92 Å². The van der Waals surface area contributed by atoms with E-state index in [-0.39, 0.29) is 11.1 Å². The molecule has 0 bridgehead atoms. The topological polar surface area (TPSA) is 71.9 Å². The van der Waals surface area contributed by atoms with E-state index in [1.807, 2.05) is 0 Å². The highest BCUT2D eigenvalue weighted by Crippen LogP contribution is 2.35. The maximum Gasteiger partial charge on any atom is 0.268 e. The van der Waals surface area contributed by atoms with Crippen LogP contribution in [0.15, 0.2) is 4.79 Å².